The van der Waals surface area contributed by atoms with E-state index in [0.29, 0.717) is 0 Å². The van der Waals surface area contributed by atoms with Gasteiger partial charge in [0.15, 0.2) is 5.92 Å². The van der Waals surface area contributed by atoms with Crippen molar-refractivity contribution < 1.29 is 23.9 Å². The normalized spacial score (nSPS) is 12.8. The maximum absolute atomic E-state index is 11.9. The van der Waals surface area contributed by atoms with Crippen molar-refractivity contribution in [2.45, 2.75) is 40.7 Å². The van der Waals surface area contributed by atoms with Gasteiger partial charge >= 0.3 is 5.97 Å². The molecule has 0 aliphatic heterocycles. The number of esters is 1. The quantitative estimate of drug-likeness (QED) is 0.580. The summed E-state index contributed by atoms with van der Waals surface area (Å²) in [6, 6.07) is -0.925. The van der Waals surface area contributed by atoms with E-state index < -0.39 is 40.8 Å². The maximum atomic E-state index is 11.9. The van der Waals surface area contributed by atoms with Crippen LogP contribution in [0.5, 0.6) is 0 Å². The van der Waals surface area contributed by atoms with Crippen LogP contribution in [0.1, 0.15) is 34.6 Å². The van der Waals surface area contributed by atoms with Crippen LogP contribution in [0.2, 0.25) is 0 Å². The molecule has 0 aliphatic carbocycles. The Morgan fingerprint density at radius 1 is 1.00 bits per heavy atom. The van der Waals surface area contributed by atoms with Gasteiger partial charge in [0.1, 0.15) is 17.6 Å². The fourth-order valence-corrected chi connectivity index (χ4v) is 1.63. The minimum atomic E-state index is -1.38. The number of Topliss-reactive ketones (excluding diaryl/α,β-unsaturated/α-hetero) is 2. The third-order valence-corrected chi connectivity index (χ3v) is 2.66. The van der Waals surface area contributed by atoms with E-state index in [4.69, 9.17) is 0 Å². The van der Waals surface area contributed by atoms with Gasteiger partial charge < -0.3 is 10.1 Å². The summed E-state index contributed by atoms with van der Waals surface area (Å²) in [6.07, 6.45) is 0. The number of hydrogen-bond acceptors (Lipinski definition) is 5. The Hall–Kier alpha value is -1.72. The highest BCUT2D eigenvalue weighted by Crippen LogP contribution is 2.21. The SMILES string of the molecule is COC(=O)[C@@H](NC(=O)C(C(C)=O)C(C)=O)C(C)(C)C. The van der Waals surface area contributed by atoms with Crippen LogP contribution in [0, 0.1) is 11.3 Å². The second-order valence-corrected chi connectivity index (χ2v) is 5.49. The highest BCUT2D eigenvalue weighted by molar-refractivity contribution is 6.17. The van der Waals surface area contributed by atoms with Crippen molar-refractivity contribution in [3.05, 3.63) is 0 Å². The van der Waals surface area contributed by atoms with Crippen LogP contribution in [-0.2, 0) is 23.9 Å². The van der Waals surface area contributed by atoms with Crippen molar-refractivity contribution in [1.29, 1.82) is 0 Å². The lowest BCUT2D eigenvalue weighted by Gasteiger charge is -2.29. The van der Waals surface area contributed by atoms with Crippen molar-refractivity contribution >= 4 is 23.4 Å². The number of ketones is 2. The van der Waals surface area contributed by atoms with Crippen LogP contribution in [0.4, 0.5) is 0 Å². The molecule has 0 fully saturated rings. The van der Waals surface area contributed by atoms with Crippen molar-refractivity contribution in [3.63, 3.8) is 0 Å². The van der Waals surface area contributed by atoms with Gasteiger partial charge in [0.25, 0.3) is 0 Å². The smallest absolute Gasteiger partial charge is 0.328 e. The first-order valence-corrected chi connectivity index (χ1v) is 5.91. The molecule has 0 heterocycles. The maximum Gasteiger partial charge on any atom is 0.328 e. The molecule has 0 bridgehead atoms. The first-order chi connectivity index (χ1) is 8.52. The Labute approximate surface area is 112 Å². The van der Waals surface area contributed by atoms with Gasteiger partial charge in [-0.05, 0) is 19.3 Å². The Kier molecular flexibility index (Phi) is 5.86. The summed E-state index contributed by atoms with van der Waals surface area (Å²) >= 11 is 0. The molecule has 0 unspecified atom stereocenters. The Morgan fingerprint density at radius 3 is 1.68 bits per heavy atom. The van der Waals surface area contributed by atoms with Crippen LogP contribution in [0.3, 0.4) is 0 Å². The van der Waals surface area contributed by atoms with Gasteiger partial charge in [-0.1, -0.05) is 20.8 Å². The van der Waals surface area contributed by atoms with Crippen LogP contribution >= 0.6 is 0 Å². The van der Waals surface area contributed by atoms with E-state index in [2.05, 4.69) is 10.1 Å². The lowest BCUT2D eigenvalue weighted by atomic mass is 9.86. The number of hydrogen-bond donors (Lipinski definition) is 1. The number of amides is 1. The molecule has 6 heteroatoms. The number of carbonyl (C=O) groups excluding carboxylic acids is 4. The standard InChI is InChI=1S/C13H21NO5/c1-7(15)9(8(2)16)11(17)14-10(12(18)19-6)13(3,4)5/h9-10H,1-6H3,(H,14,17)/t10-/m1/s1. The minimum absolute atomic E-state index is 0.553. The number of nitrogens with one attached hydrogen (secondary N) is 1. The molecule has 0 aromatic rings. The highest BCUT2D eigenvalue weighted by Gasteiger charge is 2.37. The zero-order valence-electron chi connectivity index (χ0n) is 12.2. The zero-order chi connectivity index (χ0) is 15.4. The Morgan fingerprint density at radius 2 is 1.42 bits per heavy atom. The van der Waals surface area contributed by atoms with Crippen LogP contribution in [0.25, 0.3) is 0 Å². The molecule has 0 spiro atoms. The summed E-state index contributed by atoms with van der Waals surface area (Å²) in [7, 11) is 1.21. The molecule has 0 aliphatic rings. The third kappa shape index (κ3) is 4.81. The molecule has 1 N–H and O–H groups in total. The average Bonchev–Trinajstić information content (AvgIpc) is 2.22. The molecule has 1 amide bonds. The van der Waals surface area contributed by atoms with Gasteiger partial charge in [-0.3, -0.25) is 14.4 Å². The summed E-state index contributed by atoms with van der Waals surface area (Å²) in [5.74, 6) is -3.88. The van der Waals surface area contributed by atoms with E-state index in [0.717, 1.165) is 13.8 Å². The molecular formula is C13H21NO5. The first kappa shape index (κ1) is 17.3. The van der Waals surface area contributed by atoms with Crippen molar-refractivity contribution in [2.75, 3.05) is 7.11 Å². The molecule has 0 aromatic heterocycles. The molecule has 0 aromatic carbocycles. The highest BCUT2D eigenvalue weighted by atomic mass is 16.5. The fraction of sp³-hybridized carbons (Fsp3) is 0.692. The molecule has 6 nitrogen and oxygen atoms in total. The third-order valence-electron chi connectivity index (χ3n) is 2.66. The van der Waals surface area contributed by atoms with Crippen molar-refractivity contribution in [1.82, 2.24) is 5.32 Å². The van der Waals surface area contributed by atoms with E-state index in [9.17, 15) is 19.2 Å². The molecule has 0 saturated heterocycles. The summed E-state index contributed by atoms with van der Waals surface area (Å²) < 4.78 is 4.62. The lowest BCUT2D eigenvalue weighted by Crippen LogP contribution is -2.53. The number of ether oxygens (including phenoxy) is 1. The summed E-state index contributed by atoms with van der Waals surface area (Å²) in [5, 5.41) is 2.42. The number of methoxy groups -OCH3 is 1. The van der Waals surface area contributed by atoms with Gasteiger partial charge in [-0.25, -0.2) is 4.79 Å². The number of carbonyl (C=O) groups is 4. The van der Waals surface area contributed by atoms with Gasteiger partial charge in [0.2, 0.25) is 5.91 Å². The molecular weight excluding hydrogens is 250 g/mol. The molecule has 0 saturated carbocycles. The summed E-state index contributed by atoms with van der Waals surface area (Å²) in [5.41, 5.74) is -0.596. The number of rotatable bonds is 5. The molecule has 108 valence electrons. The zero-order valence-corrected chi connectivity index (χ0v) is 12.2. The molecule has 1 atom stereocenters. The second kappa shape index (κ2) is 6.45. The van der Waals surface area contributed by atoms with Crippen LogP contribution in [-0.4, -0.2) is 36.6 Å². The van der Waals surface area contributed by atoms with Crippen LogP contribution in [0.15, 0.2) is 0 Å². The Balaban J connectivity index is 5.15. The van der Waals surface area contributed by atoms with Crippen molar-refractivity contribution in [3.8, 4) is 0 Å². The van der Waals surface area contributed by atoms with E-state index >= 15 is 0 Å². The van der Waals surface area contributed by atoms with Gasteiger partial charge in [0, 0.05) is 0 Å². The minimum Gasteiger partial charge on any atom is -0.467 e. The second-order valence-electron chi connectivity index (χ2n) is 5.49. The first-order valence-electron chi connectivity index (χ1n) is 5.91. The Bertz CT molecular complexity index is 380. The topological polar surface area (TPSA) is 89.5 Å². The van der Waals surface area contributed by atoms with E-state index in [1.807, 2.05) is 0 Å². The largest absolute Gasteiger partial charge is 0.467 e. The van der Waals surface area contributed by atoms with Gasteiger partial charge in [-0.15, -0.1) is 0 Å². The monoisotopic (exact) mass is 271 g/mol. The predicted octanol–water partition coefficient (Wildman–Crippen LogP) is 0.484. The van der Waals surface area contributed by atoms with E-state index in [1.54, 1.807) is 20.8 Å². The molecule has 19 heavy (non-hydrogen) atoms. The van der Waals surface area contributed by atoms with Gasteiger partial charge in [-0.2, -0.15) is 0 Å². The predicted molar refractivity (Wildman–Crippen MR) is 68.3 cm³/mol. The van der Waals surface area contributed by atoms with E-state index in [1.165, 1.54) is 7.11 Å². The summed E-state index contributed by atoms with van der Waals surface area (Å²) in [6.45, 7) is 7.55. The van der Waals surface area contributed by atoms with Crippen LogP contribution < -0.4 is 5.32 Å². The molecule has 0 rings (SSSR count). The van der Waals surface area contributed by atoms with E-state index in [-0.39, 0.29) is 0 Å². The van der Waals surface area contributed by atoms with Gasteiger partial charge in [0.05, 0.1) is 7.11 Å². The fourth-order valence-electron chi connectivity index (χ4n) is 1.63. The van der Waals surface area contributed by atoms with Crippen molar-refractivity contribution in [2.24, 2.45) is 11.3 Å². The average molecular weight is 271 g/mol. The lowest BCUT2D eigenvalue weighted by molar-refractivity contribution is -0.150. The summed E-state index contributed by atoms with van der Waals surface area (Å²) in [4.78, 5) is 46.2. The molecule has 0 radical (unpaired) electrons.